The second-order valence-electron chi connectivity index (χ2n) is 8.69. The van der Waals surface area contributed by atoms with Gasteiger partial charge >= 0.3 is 109 Å². The molecule has 0 unspecified atom stereocenters. The van der Waals surface area contributed by atoms with Gasteiger partial charge in [-0.3, -0.25) is 4.79 Å². The summed E-state index contributed by atoms with van der Waals surface area (Å²) in [5.74, 6) is 0.0202. The van der Waals surface area contributed by atoms with E-state index in [1.165, 1.54) is 122 Å². The summed E-state index contributed by atoms with van der Waals surface area (Å²) < 4.78 is 5.37. The van der Waals surface area contributed by atoms with Crippen LogP contribution in [-0.2, 0) is 9.53 Å². The van der Waals surface area contributed by atoms with E-state index in [1.807, 2.05) is 0 Å². The molecule has 0 aromatic rings. The van der Waals surface area contributed by atoms with Crippen LogP contribution in [0.3, 0.4) is 0 Å². The molecular formula is C26H54K2O2. The van der Waals surface area contributed by atoms with Crippen molar-refractivity contribution in [2.45, 2.75) is 155 Å². The van der Waals surface area contributed by atoms with Crippen molar-refractivity contribution in [3.05, 3.63) is 0 Å². The van der Waals surface area contributed by atoms with Gasteiger partial charge in [0.2, 0.25) is 0 Å². The van der Waals surface area contributed by atoms with Crippen molar-refractivity contribution < 1.29 is 9.53 Å². The van der Waals surface area contributed by atoms with E-state index < -0.39 is 0 Å². The summed E-state index contributed by atoms with van der Waals surface area (Å²) in [5.41, 5.74) is 0. The van der Waals surface area contributed by atoms with Crippen LogP contribution in [0.2, 0.25) is 0 Å². The first-order valence-corrected chi connectivity index (χ1v) is 13.0. The molecule has 0 amide bonds. The topological polar surface area (TPSA) is 26.3 Å². The standard InChI is InChI=1S/C26H52O2.2K.2H/c1-3-5-7-9-11-13-15-16-18-20-22-24-26(27)28-25-23-21-19-17-14-12-10-8-6-4-2;;;;/h3-25H2,1-2H3;;;;. The number of ether oxygens (including phenoxy) is 1. The molecule has 0 atom stereocenters. The van der Waals surface area contributed by atoms with E-state index in [0.29, 0.717) is 13.0 Å². The first-order chi connectivity index (χ1) is 13.8. The van der Waals surface area contributed by atoms with Crippen LogP contribution < -0.4 is 0 Å². The molecule has 0 aliphatic rings. The zero-order chi connectivity index (χ0) is 20.5. The predicted molar refractivity (Wildman–Crippen MR) is 138 cm³/mol. The molecular weight excluding hydrogens is 422 g/mol. The van der Waals surface area contributed by atoms with Gasteiger partial charge in [-0.2, -0.15) is 0 Å². The van der Waals surface area contributed by atoms with E-state index >= 15 is 0 Å². The molecule has 0 fully saturated rings. The molecule has 0 radical (unpaired) electrons. The number of unbranched alkanes of at least 4 members (excludes halogenated alkanes) is 19. The molecule has 0 bridgehead atoms. The Labute approximate surface area is 275 Å². The summed E-state index contributed by atoms with van der Waals surface area (Å²) in [6.45, 7) is 5.17. The maximum atomic E-state index is 11.7. The molecule has 0 aromatic carbocycles. The van der Waals surface area contributed by atoms with Crippen LogP contribution in [-0.4, -0.2) is 115 Å². The van der Waals surface area contributed by atoms with Crippen molar-refractivity contribution in [2.24, 2.45) is 0 Å². The number of carbonyl (C=O) groups excluding carboxylic acids is 1. The molecule has 0 aliphatic heterocycles. The van der Waals surface area contributed by atoms with Crippen molar-refractivity contribution in [3.63, 3.8) is 0 Å². The number of hydrogen-bond donors (Lipinski definition) is 0. The number of rotatable bonds is 23. The number of esters is 1. The van der Waals surface area contributed by atoms with E-state index in [1.54, 1.807) is 0 Å². The third-order valence-electron chi connectivity index (χ3n) is 5.75. The van der Waals surface area contributed by atoms with Crippen molar-refractivity contribution in [1.82, 2.24) is 0 Å². The summed E-state index contributed by atoms with van der Waals surface area (Å²) >= 11 is 0. The molecule has 4 heteroatoms. The summed E-state index contributed by atoms with van der Waals surface area (Å²) in [5, 5.41) is 0. The van der Waals surface area contributed by atoms with Crippen LogP contribution in [0.4, 0.5) is 0 Å². The zero-order valence-electron chi connectivity index (χ0n) is 19.6. The van der Waals surface area contributed by atoms with Crippen molar-refractivity contribution >= 4 is 109 Å². The summed E-state index contributed by atoms with van der Waals surface area (Å²) in [4.78, 5) is 11.7. The fourth-order valence-corrected chi connectivity index (χ4v) is 3.78. The van der Waals surface area contributed by atoms with Gasteiger partial charge in [0, 0.05) is 6.42 Å². The third-order valence-corrected chi connectivity index (χ3v) is 5.75. The summed E-state index contributed by atoms with van der Waals surface area (Å²) in [7, 11) is 0. The van der Waals surface area contributed by atoms with Crippen LogP contribution in [0, 0.1) is 0 Å². The minimum absolute atomic E-state index is 0. The van der Waals surface area contributed by atoms with Gasteiger partial charge in [-0.1, -0.05) is 136 Å². The molecule has 0 aliphatic carbocycles. The Morgan fingerprint density at radius 1 is 0.467 bits per heavy atom. The molecule has 172 valence electrons. The molecule has 0 saturated carbocycles. The van der Waals surface area contributed by atoms with Gasteiger partial charge in [-0.15, -0.1) is 0 Å². The molecule has 0 N–H and O–H groups in total. The van der Waals surface area contributed by atoms with E-state index in [2.05, 4.69) is 13.8 Å². The molecule has 0 rings (SSSR count). The predicted octanol–water partition coefficient (Wildman–Crippen LogP) is 7.85. The fourth-order valence-electron chi connectivity index (χ4n) is 3.78. The second-order valence-corrected chi connectivity index (χ2v) is 8.69. The molecule has 0 spiro atoms. The Hall–Kier alpha value is 2.74. The Balaban J connectivity index is -0.00000364. The molecule has 0 saturated heterocycles. The van der Waals surface area contributed by atoms with Gasteiger partial charge in [0.25, 0.3) is 0 Å². The minimum atomic E-state index is 0. The molecule has 2 nitrogen and oxygen atoms in total. The Kier molecular flexibility index (Phi) is 42.2. The first kappa shape index (κ1) is 37.3. The first-order valence-electron chi connectivity index (χ1n) is 13.0. The second kappa shape index (κ2) is 33.9. The Bertz CT molecular complexity index is 283. The van der Waals surface area contributed by atoms with Crippen LogP contribution in [0.15, 0.2) is 0 Å². The zero-order valence-corrected chi connectivity index (χ0v) is 19.6. The van der Waals surface area contributed by atoms with E-state index in [-0.39, 0.29) is 109 Å². The van der Waals surface area contributed by atoms with Crippen LogP contribution in [0.25, 0.3) is 0 Å². The van der Waals surface area contributed by atoms with Gasteiger partial charge in [0.05, 0.1) is 6.61 Å². The van der Waals surface area contributed by atoms with Crippen LogP contribution >= 0.6 is 0 Å². The SMILES string of the molecule is CCCCCCCCCCCCCC(=O)OCCCCCCCCCCCC.[KH].[KH]. The van der Waals surface area contributed by atoms with Crippen molar-refractivity contribution in [2.75, 3.05) is 6.61 Å². The van der Waals surface area contributed by atoms with Gasteiger partial charge in [-0.25, -0.2) is 0 Å². The van der Waals surface area contributed by atoms with Crippen molar-refractivity contribution in [1.29, 1.82) is 0 Å². The van der Waals surface area contributed by atoms with Crippen LogP contribution in [0.5, 0.6) is 0 Å². The summed E-state index contributed by atoms with van der Waals surface area (Å²) in [6.07, 6.45) is 28.4. The number of hydrogen-bond acceptors (Lipinski definition) is 2. The van der Waals surface area contributed by atoms with Gasteiger partial charge in [0.1, 0.15) is 0 Å². The molecule has 0 aromatic heterocycles. The number of carbonyl (C=O) groups is 1. The van der Waals surface area contributed by atoms with Crippen molar-refractivity contribution in [3.8, 4) is 0 Å². The maximum absolute atomic E-state index is 11.7. The fraction of sp³-hybridized carbons (Fsp3) is 0.962. The normalized spacial score (nSPS) is 10.3. The Morgan fingerprint density at radius 3 is 1.13 bits per heavy atom. The quantitative estimate of drug-likeness (QED) is 0.0852. The van der Waals surface area contributed by atoms with E-state index in [9.17, 15) is 4.79 Å². The average Bonchev–Trinajstić information content (AvgIpc) is 2.70. The monoisotopic (exact) mass is 476 g/mol. The average molecular weight is 477 g/mol. The Morgan fingerprint density at radius 2 is 0.767 bits per heavy atom. The van der Waals surface area contributed by atoms with Gasteiger partial charge < -0.3 is 4.74 Å². The van der Waals surface area contributed by atoms with Crippen LogP contribution in [0.1, 0.15) is 155 Å². The van der Waals surface area contributed by atoms with E-state index in [0.717, 1.165) is 12.8 Å². The summed E-state index contributed by atoms with van der Waals surface area (Å²) in [6, 6.07) is 0. The third kappa shape index (κ3) is 32.9. The molecule has 0 heterocycles. The van der Waals surface area contributed by atoms with Gasteiger partial charge in [-0.05, 0) is 12.8 Å². The van der Waals surface area contributed by atoms with E-state index in [4.69, 9.17) is 4.74 Å². The van der Waals surface area contributed by atoms with Gasteiger partial charge in [0.15, 0.2) is 0 Å². The molecule has 30 heavy (non-hydrogen) atoms.